The number of sulfonamides is 1. The van der Waals surface area contributed by atoms with Gasteiger partial charge < -0.3 is 10.0 Å². The number of carboxylic acids is 1. The number of hydrogen-bond acceptors (Lipinski definition) is 4. The van der Waals surface area contributed by atoms with E-state index >= 15 is 0 Å². The molecule has 0 spiro atoms. The maximum atomic E-state index is 13.2. The first-order chi connectivity index (χ1) is 12.0. The number of likely N-dealkylation sites (N-methyl/N-ethyl adjacent to an activating group) is 1. The molecule has 0 radical (unpaired) electrons. The highest BCUT2D eigenvalue weighted by Gasteiger charge is 2.39. The normalized spacial score (nSPS) is 20.3. The maximum Gasteiger partial charge on any atom is 0.417 e. The van der Waals surface area contributed by atoms with Crippen LogP contribution in [0.25, 0.3) is 0 Å². The first-order valence-corrected chi connectivity index (χ1v) is 9.65. The minimum absolute atomic E-state index is 0.177. The number of carbonyl (C=O) groups is 1. The van der Waals surface area contributed by atoms with Crippen LogP contribution in [0, 0.1) is 0 Å². The Labute approximate surface area is 150 Å². The predicted molar refractivity (Wildman–Crippen MR) is 88.5 cm³/mol. The Bertz CT molecular complexity index is 780. The molecule has 1 atom stereocenters. The number of nitrogens with zero attached hydrogens (tertiary/aromatic N) is 2. The van der Waals surface area contributed by atoms with Gasteiger partial charge >= 0.3 is 12.1 Å². The summed E-state index contributed by atoms with van der Waals surface area (Å²) in [6, 6.07) is 1.69. The zero-order valence-electron chi connectivity index (χ0n) is 14.5. The van der Waals surface area contributed by atoms with Crippen molar-refractivity contribution >= 4 is 16.0 Å². The van der Waals surface area contributed by atoms with Crippen molar-refractivity contribution in [2.24, 2.45) is 0 Å². The Kier molecular flexibility index (Phi) is 5.99. The van der Waals surface area contributed by atoms with E-state index in [2.05, 4.69) is 4.90 Å². The molecule has 1 heterocycles. The van der Waals surface area contributed by atoms with Gasteiger partial charge in [0, 0.05) is 25.7 Å². The summed E-state index contributed by atoms with van der Waals surface area (Å²) in [7, 11) is -4.17. The summed E-state index contributed by atoms with van der Waals surface area (Å²) in [5.74, 6) is -1.76. The van der Waals surface area contributed by atoms with Crippen LogP contribution in [0.1, 0.15) is 36.2 Å². The SMILES string of the molecule is CCC1CN(CC)CCN1S(=O)(=O)c1ccc(C(=O)O)c(C(F)(F)F)c1. The van der Waals surface area contributed by atoms with Gasteiger partial charge in [-0.3, -0.25) is 0 Å². The molecule has 0 saturated carbocycles. The van der Waals surface area contributed by atoms with E-state index in [1.165, 1.54) is 4.31 Å². The molecule has 1 aromatic rings. The van der Waals surface area contributed by atoms with E-state index in [4.69, 9.17) is 5.11 Å². The van der Waals surface area contributed by atoms with Crippen LogP contribution in [0.5, 0.6) is 0 Å². The van der Waals surface area contributed by atoms with Gasteiger partial charge in [0.1, 0.15) is 0 Å². The van der Waals surface area contributed by atoms with Gasteiger partial charge in [0.25, 0.3) is 0 Å². The Morgan fingerprint density at radius 3 is 2.42 bits per heavy atom. The number of alkyl halides is 3. The van der Waals surface area contributed by atoms with Crippen LogP contribution >= 0.6 is 0 Å². The third kappa shape index (κ3) is 4.02. The minimum atomic E-state index is -4.97. The van der Waals surface area contributed by atoms with Crippen LogP contribution in [0.3, 0.4) is 0 Å². The molecule has 1 aliphatic heterocycles. The van der Waals surface area contributed by atoms with E-state index < -0.39 is 38.2 Å². The largest absolute Gasteiger partial charge is 0.478 e. The third-order valence-electron chi connectivity index (χ3n) is 4.56. The standard InChI is InChI=1S/C16H21F3N2O4S/c1-3-11-10-20(4-2)7-8-21(11)26(24,25)12-5-6-13(15(22)23)14(9-12)16(17,18)19/h5-6,9,11H,3-4,7-8,10H2,1-2H3,(H,22,23). The molecular formula is C16H21F3N2O4S. The van der Waals surface area contributed by atoms with Crippen molar-refractivity contribution < 1.29 is 31.5 Å². The van der Waals surface area contributed by atoms with E-state index in [0.29, 0.717) is 31.6 Å². The quantitative estimate of drug-likeness (QED) is 0.830. The lowest BCUT2D eigenvalue weighted by molar-refractivity contribution is -0.138. The monoisotopic (exact) mass is 394 g/mol. The fourth-order valence-corrected chi connectivity index (χ4v) is 4.79. The molecule has 0 aliphatic carbocycles. The first kappa shape index (κ1) is 20.7. The molecule has 2 rings (SSSR count). The Morgan fingerprint density at radius 1 is 1.27 bits per heavy atom. The summed E-state index contributed by atoms with van der Waals surface area (Å²) in [6.45, 7) is 5.71. The molecule has 1 N–H and O–H groups in total. The second kappa shape index (κ2) is 7.53. The summed E-state index contributed by atoms with van der Waals surface area (Å²) in [6.07, 6.45) is -4.45. The van der Waals surface area contributed by atoms with Crippen LogP contribution in [-0.2, 0) is 16.2 Å². The van der Waals surface area contributed by atoms with Crippen molar-refractivity contribution in [2.45, 2.75) is 37.4 Å². The zero-order chi connectivity index (χ0) is 19.7. The van der Waals surface area contributed by atoms with Crippen molar-refractivity contribution in [1.29, 1.82) is 0 Å². The van der Waals surface area contributed by atoms with E-state index in [-0.39, 0.29) is 12.6 Å². The van der Waals surface area contributed by atoms with E-state index in [1.807, 2.05) is 13.8 Å². The van der Waals surface area contributed by atoms with Crippen LogP contribution in [-0.4, -0.2) is 60.9 Å². The molecule has 1 unspecified atom stereocenters. The van der Waals surface area contributed by atoms with Gasteiger partial charge in [0.15, 0.2) is 0 Å². The van der Waals surface area contributed by atoms with E-state index in [9.17, 15) is 26.4 Å². The van der Waals surface area contributed by atoms with Gasteiger partial charge in [0.05, 0.1) is 16.0 Å². The molecular weight excluding hydrogens is 373 g/mol. The number of carboxylic acid groups (broad SMARTS) is 1. The molecule has 1 fully saturated rings. The lowest BCUT2D eigenvalue weighted by atomic mass is 10.1. The smallest absolute Gasteiger partial charge is 0.417 e. The maximum absolute atomic E-state index is 13.2. The topological polar surface area (TPSA) is 77.9 Å². The number of aromatic carboxylic acids is 1. The summed E-state index contributed by atoms with van der Waals surface area (Å²) >= 11 is 0. The summed E-state index contributed by atoms with van der Waals surface area (Å²) < 4.78 is 66.6. The summed E-state index contributed by atoms with van der Waals surface area (Å²) in [5, 5.41) is 8.94. The van der Waals surface area contributed by atoms with Gasteiger partial charge in [-0.05, 0) is 31.2 Å². The highest BCUT2D eigenvalue weighted by atomic mass is 32.2. The van der Waals surface area contributed by atoms with Crippen LogP contribution in [0.15, 0.2) is 23.1 Å². The van der Waals surface area contributed by atoms with Gasteiger partial charge in [-0.1, -0.05) is 13.8 Å². The van der Waals surface area contributed by atoms with Gasteiger partial charge in [-0.25, -0.2) is 13.2 Å². The molecule has 0 amide bonds. The fourth-order valence-electron chi connectivity index (χ4n) is 3.08. The first-order valence-electron chi connectivity index (χ1n) is 8.21. The average molecular weight is 394 g/mol. The fraction of sp³-hybridized carbons (Fsp3) is 0.562. The lowest BCUT2D eigenvalue weighted by Gasteiger charge is -2.39. The lowest BCUT2D eigenvalue weighted by Crippen LogP contribution is -2.54. The van der Waals surface area contributed by atoms with Crippen molar-refractivity contribution in [3.05, 3.63) is 29.3 Å². The molecule has 1 saturated heterocycles. The zero-order valence-corrected chi connectivity index (χ0v) is 15.3. The van der Waals surface area contributed by atoms with Crippen molar-refractivity contribution in [2.75, 3.05) is 26.2 Å². The molecule has 0 bridgehead atoms. The van der Waals surface area contributed by atoms with Crippen LogP contribution in [0.4, 0.5) is 13.2 Å². The Hall–Kier alpha value is -1.65. The van der Waals surface area contributed by atoms with Gasteiger partial charge in [-0.2, -0.15) is 17.5 Å². The second-order valence-corrected chi connectivity index (χ2v) is 7.97. The molecule has 26 heavy (non-hydrogen) atoms. The van der Waals surface area contributed by atoms with E-state index in [1.54, 1.807) is 0 Å². The van der Waals surface area contributed by atoms with Gasteiger partial charge in [0.2, 0.25) is 10.0 Å². The Morgan fingerprint density at radius 2 is 1.92 bits per heavy atom. The predicted octanol–water partition coefficient (Wildman–Crippen LogP) is 2.51. The van der Waals surface area contributed by atoms with Crippen molar-refractivity contribution in [3.8, 4) is 0 Å². The highest BCUT2D eigenvalue weighted by Crippen LogP contribution is 2.34. The number of hydrogen-bond donors (Lipinski definition) is 1. The van der Waals surface area contributed by atoms with E-state index in [0.717, 1.165) is 12.6 Å². The molecule has 10 heteroatoms. The highest BCUT2D eigenvalue weighted by molar-refractivity contribution is 7.89. The molecule has 1 aliphatic rings. The third-order valence-corrected chi connectivity index (χ3v) is 6.51. The second-order valence-electron chi connectivity index (χ2n) is 6.08. The average Bonchev–Trinajstić information content (AvgIpc) is 2.59. The molecule has 6 nitrogen and oxygen atoms in total. The minimum Gasteiger partial charge on any atom is -0.478 e. The molecule has 146 valence electrons. The van der Waals surface area contributed by atoms with Crippen molar-refractivity contribution in [1.82, 2.24) is 9.21 Å². The Balaban J connectivity index is 2.47. The number of rotatable bonds is 5. The van der Waals surface area contributed by atoms with Crippen LogP contribution < -0.4 is 0 Å². The number of benzene rings is 1. The molecule has 0 aromatic heterocycles. The summed E-state index contributed by atoms with van der Waals surface area (Å²) in [5.41, 5.74) is -2.44. The summed E-state index contributed by atoms with van der Waals surface area (Å²) in [4.78, 5) is 12.6. The van der Waals surface area contributed by atoms with Crippen molar-refractivity contribution in [3.63, 3.8) is 0 Å². The molecule has 1 aromatic carbocycles. The number of halogens is 3. The number of piperazine rings is 1. The van der Waals surface area contributed by atoms with Gasteiger partial charge in [-0.15, -0.1) is 0 Å². The van der Waals surface area contributed by atoms with Crippen LogP contribution in [0.2, 0.25) is 0 Å².